The monoisotopic (exact) mass is 203 g/mol. The molecule has 0 spiro atoms. The Labute approximate surface area is 90.7 Å². The summed E-state index contributed by atoms with van der Waals surface area (Å²) < 4.78 is 0. The topological polar surface area (TPSA) is 30.0 Å². The number of aryl methyl sites for hydroxylation is 2. The maximum atomic E-state index is 10.9. The first-order chi connectivity index (χ1) is 7.20. The second-order valence-electron chi connectivity index (χ2n) is 4.59. The van der Waals surface area contributed by atoms with Crippen molar-refractivity contribution in [2.75, 3.05) is 0 Å². The Bertz CT molecular complexity index is 369. The summed E-state index contributed by atoms with van der Waals surface area (Å²) in [5.74, 6) is 0.858. The molecule has 1 aromatic heterocycles. The summed E-state index contributed by atoms with van der Waals surface area (Å²) in [5.41, 5.74) is 3.53. The van der Waals surface area contributed by atoms with Crippen LogP contribution in [0.4, 0.5) is 0 Å². The summed E-state index contributed by atoms with van der Waals surface area (Å²) in [7, 11) is 0. The molecule has 0 aromatic carbocycles. The molecule has 0 bridgehead atoms. The van der Waals surface area contributed by atoms with Crippen LogP contribution in [0, 0.1) is 25.7 Å². The lowest BCUT2D eigenvalue weighted by Gasteiger charge is -2.11. The average Bonchev–Trinajstić information content (AvgIpc) is 3.00. The van der Waals surface area contributed by atoms with E-state index in [0.717, 1.165) is 18.4 Å². The van der Waals surface area contributed by atoms with Crippen LogP contribution in [-0.2, 0) is 11.2 Å². The van der Waals surface area contributed by atoms with Gasteiger partial charge in [-0.05, 0) is 56.2 Å². The van der Waals surface area contributed by atoms with E-state index < -0.39 is 0 Å². The zero-order valence-electron chi connectivity index (χ0n) is 9.36. The number of carbonyl (C=O) groups is 1. The van der Waals surface area contributed by atoms with Crippen LogP contribution in [0.15, 0.2) is 12.3 Å². The van der Waals surface area contributed by atoms with Crippen LogP contribution in [0.25, 0.3) is 0 Å². The Balaban J connectivity index is 2.11. The predicted molar refractivity (Wildman–Crippen MR) is 59.7 cm³/mol. The summed E-state index contributed by atoms with van der Waals surface area (Å²) in [6, 6.07) is 2.09. The van der Waals surface area contributed by atoms with Crippen molar-refractivity contribution < 1.29 is 4.79 Å². The molecular formula is C13H17NO. The lowest BCUT2D eigenvalue weighted by molar-refractivity contribution is -0.111. The van der Waals surface area contributed by atoms with Gasteiger partial charge in [0.2, 0.25) is 0 Å². The predicted octanol–water partition coefficient (Wildman–Crippen LogP) is 2.47. The molecule has 80 valence electrons. The highest BCUT2D eigenvalue weighted by Crippen LogP contribution is 2.37. The molecule has 1 heterocycles. The van der Waals surface area contributed by atoms with Gasteiger partial charge in [-0.15, -0.1) is 0 Å². The lowest BCUT2D eigenvalue weighted by atomic mass is 9.94. The van der Waals surface area contributed by atoms with Gasteiger partial charge < -0.3 is 4.79 Å². The normalized spacial score (nSPS) is 17.5. The van der Waals surface area contributed by atoms with E-state index in [1.807, 2.05) is 13.1 Å². The van der Waals surface area contributed by atoms with Crippen LogP contribution in [-0.4, -0.2) is 11.3 Å². The van der Waals surface area contributed by atoms with Gasteiger partial charge in [-0.25, -0.2) is 0 Å². The SMILES string of the molecule is Cc1cc(C)c(CC(C=O)C2CC2)cn1. The smallest absolute Gasteiger partial charge is 0.123 e. The van der Waals surface area contributed by atoms with Gasteiger partial charge in [-0.1, -0.05) is 0 Å². The first-order valence-electron chi connectivity index (χ1n) is 5.58. The molecule has 1 aromatic rings. The summed E-state index contributed by atoms with van der Waals surface area (Å²) in [4.78, 5) is 15.2. The first kappa shape index (κ1) is 10.3. The summed E-state index contributed by atoms with van der Waals surface area (Å²) in [5, 5.41) is 0. The van der Waals surface area contributed by atoms with Crippen molar-refractivity contribution in [2.24, 2.45) is 11.8 Å². The minimum atomic E-state index is 0.216. The fraction of sp³-hybridized carbons (Fsp3) is 0.538. The molecule has 2 nitrogen and oxygen atoms in total. The minimum absolute atomic E-state index is 0.216. The third-order valence-corrected chi connectivity index (χ3v) is 3.21. The van der Waals surface area contributed by atoms with E-state index in [2.05, 4.69) is 18.0 Å². The number of aldehydes is 1. The molecule has 0 amide bonds. The number of hydrogen-bond acceptors (Lipinski definition) is 2. The number of nitrogens with zero attached hydrogens (tertiary/aromatic N) is 1. The molecule has 1 atom stereocenters. The summed E-state index contributed by atoms with van der Waals surface area (Å²) in [6.07, 6.45) is 6.36. The minimum Gasteiger partial charge on any atom is -0.303 e. The van der Waals surface area contributed by atoms with Gasteiger partial charge >= 0.3 is 0 Å². The Hall–Kier alpha value is -1.18. The number of pyridine rings is 1. The fourth-order valence-electron chi connectivity index (χ4n) is 2.04. The third kappa shape index (κ3) is 2.44. The van der Waals surface area contributed by atoms with Crippen molar-refractivity contribution in [1.29, 1.82) is 0 Å². The maximum absolute atomic E-state index is 10.9. The molecule has 1 aliphatic rings. The van der Waals surface area contributed by atoms with Crippen molar-refractivity contribution in [2.45, 2.75) is 33.1 Å². The molecule has 2 rings (SSSR count). The van der Waals surface area contributed by atoms with E-state index in [4.69, 9.17) is 0 Å². The Morgan fingerprint density at radius 3 is 2.80 bits per heavy atom. The van der Waals surface area contributed by atoms with Crippen molar-refractivity contribution in [3.63, 3.8) is 0 Å². The van der Waals surface area contributed by atoms with Crippen molar-refractivity contribution >= 4 is 6.29 Å². The van der Waals surface area contributed by atoms with Crippen molar-refractivity contribution in [3.05, 3.63) is 29.1 Å². The molecule has 2 heteroatoms. The van der Waals surface area contributed by atoms with E-state index in [1.165, 1.54) is 24.0 Å². The zero-order valence-corrected chi connectivity index (χ0v) is 9.36. The van der Waals surface area contributed by atoms with E-state index in [0.29, 0.717) is 5.92 Å². The van der Waals surface area contributed by atoms with Crippen LogP contribution >= 0.6 is 0 Å². The van der Waals surface area contributed by atoms with E-state index >= 15 is 0 Å². The molecule has 1 unspecified atom stereocenters. The number of rotatable bonds is 4. The maximum Gasteiger partial charge on any atom is 0.123 e. The third-order valence-electron chi connectivity index (χ3n) is 3.21. The molecule has 0 N–H and O–H groups in total. The largest absolute Gasteiger partial charge is 0.303 e. The van der Waals surface area contributed by atoms with Gasteiger partial charge in [0, 0.05) is 17.8 Å². The highest BCUT2D eigenvalue weighted by atomic mass is 16.1. The number of carbonyl (C=O) groups excluding carboxylic acids is 1. The highest BCUT2D eigenvalue weighted by molar-refractivity contribution is 5.55. The zero-order chi connectivity index (χ0) is 10.8. The summed E-state index contributed by atoms with van der Waals surface area (Å²) >= 11 is 0. The van der Waals surface area contributed by atoms with Gasteiger partial charge in [0.25, 0.3) is 0 Å². The van der Waals surface area contributed by atoms with Gasteiger partial charge in [0.15, 0.2) is 0 Å². The first-order valence-corrected chi connectivity index (χ1v) is 5.58. The van der Waals surface area contributed by atoms with Crippen molar-refractivity contribution in [3.8, 4) is 0 Å². The second-order valence-corrected chi connectivity index (χ2v) is 4.59. The highest BCUT2D eigenvalue weighted by Gasteiger charge is 2.31. The van der Waals surface area contributed by atoms with Crippen LogP contribution in [0.2, 0.25) is 0 Å². The van der Waals surface area contributed by atoms with Gasteiger partial charge in [0.1, 0.15) is 6.29 Å². The summed E-state index contributed by atoms with van der Waals surface area (Å²) in [6.45, 7) is 4.09. The molecule has 1 aliphatic carbocycles. The molecule has 15 heavy (non-hydrogen) atoms. The van der Waals surface area contributed by atoms with Crippen molar-refractivity contribution in [1.82, 2.24) is 4.98 Å². The average molecular weight is 203 g/mol. The lowest BCUT2D eigenvalue weighted by Crippen LogP contribution is -2.09. The molecule has 1 fully saturated rings. The van der Waals surface area contributed by atoms with E-state index in [9.17, 15) is 4.79 Å². The van der Waals surface area contributed by atoms with E-state index in [1.54, 1.807) is 0 Å². The van der Waals surface area contributed by atoms with Gasteiger partial charge in [-0.2, -0.15) is 0 Å². The number of hydrogen-bond donors (Lipinski definition) is 0. The Morgan fingerprint density at radius 2 is 2.27 bits per heavy atom. The van der Waals surface area contributed by atoms with Crippen LogP contribution in [0.3, 0.4) is 0 Å². The van der Waals surface area contributed by atoms with Crippen LogP contribution in [0.5, 0.6) is 0 Å². The quantitative estimate of drug-likeness (QED) is 0.704. The Morgan fingerprint density at radius 1 is 1.53 bits per heavy atom. The molecule has 1 saturated carbocycles. The molecular weight excluding hydrogens is 186 g/mol. The van der Waals surface area contributed by atoms with Crippen LogP contribution in [0.1, 0.15) is 29.7 Å². The van der Waals surface area contributed by atoms with Gasteiger partial charge in [-0.3, -0.25) is 4.98 Å². The fourth-order valence-corrected chi connectivity index (χ4v) is 2.04. The molecule has 0 radical (unpaired) electrons. The van der Waals surface area contributed by atoms with Gasteiger partial charge in [0.05, 0.1) is 0 Å². The standard InChI is InChI=1S/C13H17NO/c1-9-5-10(2)14-7-12(9)6-13(8-15)11-3-4-11/h5,7-8,11,13H,3-4,6H2,1-2H3. The van der Waals surface area contributed by atoms with Crippen LogP contribution < -0.4 is 0 Å². The Kier molecular flexibility index (Phi) is 2.85. The molecule has 0 saturated heterocycles. The second kappa shape index (κ2) is 4.13. The number of aromatic nitrogens is 1. The molecule has 0 aliphatic heterocycles. The van der Waals surface area contributed by atoms with E-state index in [-0.39, 0.29) is 5.92 Å².